The molecule has 0 atom stereocenters. The largest absolute Gasteiger partial charge is 0.330 e. The maximum atomic E-state index is 5.82. The van der Waals surface area contributed by atoms with E-state index >= 15 is 0 Å². The normalized spacial score (nSPS) is 19.6. The fraction of sp³-hybridized carbons (Fsp3) is 0.333. The smallest absolute Gasteiger partial charge is 0.0149 e. The molecule has 0 radical (unpaired) electrons. The number of rotatable bonds is 2. The summed E-state index contributed by atoms with van der Waals surface area (Å²) >= 11 is 0. The summed E-state index contributed by atoms with van der Waals surface area (Å²) in [6.45, 7) is 4.71. The van der Waals surface area contributed by atoms with Gasteiger partial charge < -0.3 is 5.73 Å². The third kappa shape index (κ3) is 1.29. The Morgan fingerprint density at radius 1 is 1.23 bits per heavy atom. The molecule has 1 aromatic carbocycles. The summed E-state index contributed by atoms with van der Waals surface area (Å²) in [5.41, 5.74) is 8.72. The van der Waals surface area contributed by atoms with Gasteiger partial charge in [-0.25, -0.2) is 0 Å². The number of allylic oxidation sites excluding steroid dienone is 1. The van der Waals surface area contributed by atoms with Gasteiger partial charge in [0, 0.05) is 12.0 Å². The molecule has 68 valence electrons. The molecule has 1 aliphatic rings. The van der Waals surface area contributed by atoms with Gasteiger partial charge in [0.1, 0.15) is 0 Å². The van der Waals surface area contributed by atoms with Crippen LogP contribution in [0.2, 0.25) is 0 Å². The molecule has 13 heavy (non-hydrogen) atoms. The Labute approximate surface area is 79.3 Å². The molecular weight excluding hydrogens is 158 g/mol. The summed E-state index contributed by atoms with van der Waals surface area (Å²) in [7, 11) is 0. The van der Waals surface area contributed by atoms with E-state index in [2.05, 4.69) is 30.8 Å². The van der Waals surface area contributed by atoms with Crippen molar-refractivity contribution < 1.29 is 0 Å². The Morgan fingerprint density at radius 2 is 1.85 bits per heavy atom. The van der Waals surface area contributed by atoms with Crippen molar-refractivity contribution >= 4 is 0 Å². The molecule has 0 bridgehead atoms. The van der Waals surface area contributed by atoms with Crippen LogP contribution in [0.1, 0.15) is 18.4 Å². The van der Waals surface area contributed by atoms with E-state index in [1.165, 1.54) is 11.1 Å². The van der Waals surface area contributed by atoms with Crippen LogP contribution in [0, 0.1) is 0 Å². The predicted molar refractivity (Wildman–Crippen MR) is 55.5 cm³/mol. The van der Waals surface area contributed by atoms with Gasteiger partial charge in [-0.1, -0.05) is 42.5 Å². The van der Waals surface area contributed by atoms with Crippen molar-refractivity contribution in [2.45, 2.75) is 18.3 Å². The van der Waals surface area contributed by atoms with Crippen molar-refractivity contribution in [2.24, 2.45) is 5.73 Å². The highest BCUT2D eigenvalue weighted by Gasteiger charge is 2.39. The Hall–Kier alpha value is -1.08. The first-order chi connectivity index (χ1) is 6.27. The molecule has 0 aromatic heterocycles. The van der Waals surface area contributed by atoms with Crippen molar-refractivity contribution in [3.05, 3.63) is 48.0 Å². The van der Waals surface area contributed by atoms with Crippen LogP contribution in [-0.2, 0) is 5.41 Å². The summed E-state index contributed by atoms with van der Waals surface area (Å²) in [5, 5.41) is 0. The summed E-state index contributed by atoms with van der Waals surface area (Å²) < 4.78 is 0. The van der Waals surface area contributed by atoms with Crippen LogP contribution >= 0.6 is 0 Å². The topological polar surface area (TPSA) is 26.0 Å². The van der Waals surface area contributed by atoms with Crippen molar-refractivity contribution in [1.82, 2.24) is 0 Å². The van der Waals surface area contributed by atoms with Gasteiger partial charge in [-0.15, -0.1) is 0 Å². The molecule has 0 saturated heterocycles. The molecule has 2 rings (SSSR count). The van der Waals surface area contributed by atoms with Gasteiger partial charge in [-0.3, -0.25) is 0 Å². The van der Waals surface area contributed by atoms with E-state index in [1.54, 1.807) is 0 Å². The lowest BCUT2D eigenvalue weighted by molar-refractivity contribution is 0.342. The molecule has 1 fully saturated rings. The number of hydrogen-bond donors (Lipinski definition) is 1. The zero-order valence-corrected chi connectivity index (χ0v) is 7.79. The van der Waals surface area contributed by atoms with E-state index in [9.17, 15) is 0 Å². The lowest BCUT2D eigenvalue weighted by atomic mass is 9.62. The average molecular weight is 173 g/mol. The molecule has 0 amide bonds. The van der Waals surface area contributed by atoms with Gasteiger partial charge in [0.15, 0.2) is 0 Å². The van der Waals surface area contributed by atoms with Gasteiger partial charge in [0.2, 0.25) is 0 Å². The van der Waals surface area contributed by atoms with Crippen molar-refractivity contribution in [1.29, 1.82) is 0 Å². The van der Waals surface area contributed by atoms with Gasteiger partial charge in [0.05, 0.1) is 0 Å². The summed E-state index contributed by atoms with van der Waals surface area (Å²) in [4.78, 5) is 0. The highest BCUT2D eigenvalue weighted by Crippen LogP contribution is 2.45. The van der Waals surface area contributed by atoms with Crippen LogP contribution in [0.5, 0.6) is 0 Å². The first kappa shape index (κ1) is 8.52. The van der Waals surface area contributed by atoms with Crippen LogP contribution in [0.4, 0.5) is 0 Å². The molecular formula is C12H15N. The number of nitrogens with two attached hydrogens (primary N) is 1. The average Bonchev–Trinajstić information content (AvgIpc) is 2.14. The Morgan fingerprint density at radius 3 is 2.31 bits per heavy atom. The fourth-order valence-corrected chi connectivity index (χ4v) is 2.16. The third-order valence-electron chi connectivity index (χ3n) is 2.95. The minimum absolute atomic E-state index is 0.207. The molecule has 1 saturated carbocycles. The molecule has 2 N–H and O–H groups in total. The highest BCUT2D eigenvalue weighted by atomic mass is 14.6. The van der Waals surface area contributed by atoms with E-state index in [0.717, 1.165) is 19.4 Å². The lowest BCUT2D eigenvalue weighted by Crippen LogP contribution is -2.42. The number of hydrogen-bond acceptors (Lipinski definition) is 1. The van der Waals surface area contributed by atoms with Gasteiger partial charge in [-0.05, 0) is 18.4 Å². The molecule has 0 aliphatic heterocycles. The zero-order valence-electron chi connectivity index (χ0n) is 7.79. The minimum atomic E-state index is 0.207. The van der Waals surface area contributed by atoms with Gasteiger partial charge >= 0.3 is 0 Å². The Bertz CT molecular complexity index is 305. The monoisotopic (exact) mass is 173 g/mol. The van der Waals surface area contributed by atoms with E-state index < -0.39 is 0 Å². The van der Waals surface area contributed by atoms with Gasteiger partial charge in [0.25, 0.3) is 0 Å². The van der Waals surface area contributed by atoms with E-state index in [1.807, 2.05) is 6.07 Å². The highest BCUT2D eigenvalue weighted by molar-refractivity contribution is 5.36. The second-order valence-corrected chi connectivity index (χ2v) is 3.95. The first-order valence-electron chi connectivity index (χ1n) is 4.69. The second kappa shape index (κ2) is 3.00. The maximum Gasteiger partial charge on any atom is 0.0149 e. The third-order valence-corrected chi connectivity index (χ3v) is 2.95. The van der Waals surface area contributed by atoms with E-state index in [4.69, 9.17) is 5.73 Å². The van der Waals surface area contributed by atoms with E-state index in [-0.39, 0.29) is 5.41 Å². The van der Waals surface area contributed by atoms with E-state index in [0.29, 0.717) is 0 Å². The van der Waals surface area contributed by atoms with Crippen LogP contribution in [0.3, 0.4) is 0 Å². The molecule has 1 aliphatic carbocycles. The summed E-state index contributed by atoms with van der Waals surface area (Å²) in [6, 6.07) is 10.5. The molecule has 0 heterocycles. The van der Waals surface area contributed by atoms with Crippen LogP contribution < -0.4 is 5.73 Å². The van der Waals surface area contributed by atoms with Crippen LogP contribution in [0.15, 0.2) is 42.5 Å². The van der Waals surface area contributed by atoms with Crippen molar-refractivity contribution in [2.75, 3.05) is 6.54 Å². The molecule has 1 heteroatoms. The maximum absolute atomic E-state index is 5.82. The molecule has 1 nitrogen and oxygen atoms in total. The summed E-state index contributed by atoms with van der Waals surface area (Å²) in [6.07, 6.45) is 2.13. The summed E-state index contributed by atoms with van der Waals surface area (Å²) in [5.74, 6) is 0. The SMILES string of the molecule is C=C1CC(CN)(c2ccccc2)C1. The van der Waals surface area contributed by atoms with Crippen molar-refractivity contribution in [3.8, 4) is 0 Å². The minimum Gasteiger partial charge on any atom is -0.330 e. The van der Waals surface area contributed by atoms with Crippen LogP contribution in [0.25, 0.3) is 0 Å². The zero-order chi connectivity index (χ0) is 9.31. The lowest BCUT2D eigenvalue weighted by Gasteiger charge is -2.43. The molecule has 0 spiro atoms. The Balaban J connectivity index is 2.29. The number of benzene rings is 1. The quantitative estimate of drug-likeness (QED) is 0.682. The fourth-order valence-electron chi connectivity index (χ4n) is 2.16. The molecule has 0 unspecified atom stereocenters. The second-order valence-electron chi connectivity index (χ2n) is 3.95. The first-order valence-corrected chi connectivity index (χ1v) is 4.69. The van der Waals surface area contributed by atoms with Gasteiger partial charge in [-0.2, -0.15) is 0 Å². The van der Waals surface area contributed by atoms with Crippen molar-refractivity contribution in [3.63, 3.8) is 0 Å². The predicted octanol–water partition coefficient (Wildman–Crippen LogP) is 2.23. The Kier molecular flexibility index (Phi) is 1.97. The molecule has 1 aromatic rings. The van der Waals surface area contributed by atoms with Crippen LogP contribution in [-0.4, -0.2) is 6.54 Å². The standard InChI is InChI=1S/C12H15N/c1-10-7-12(8-10,9-13)11-5-3-2-4-6-11/h2-6H,1,7-9,13H2.